The molecular weight excluding hydrogens is 640 g/mol. The number of carbonyl (C=O) groups excluding carboxylic acids is 1. The largest absolute Gasteiger partial charge is 0.471 e. The van der Waals surface area contributed by atoms with Crippen molar-refractivity contribution >= 4 is 59.3 Å². The monoisotopic (exact) mass is 681 g/mol. The van der Waals surface area contributed by atoms with E-state index in [0.29, 0.717) is 18.7 Å². The van der Waals surface area contributed by atoms with Crippen LogP contribution in [0.2, 0.25) is 18.1 Å². The summed E-state index contributed by atoms with van der Waals surface area (Å²) in [6.07, 6.45) is -2.87. The number of alkyl halides is 3. The SMILES string of the molecule is CN(C)/C=N\c1nc2c(ncn2[C@H]2C[C@@H](OCSSC(C)(C)CNC(=O)C(F)(F)F)[C@@H](CO[Si](C)(C)C(C)(C)C)O2)c(=O)[nH]1. The van der Waals surface area contributed by atoms with Crippen molar-refractivity contribution in [2.45, 2.75) is 88.5 Å². The smallest absolute Gasteiger partial charge is 0.414 e. The number of carbonyl (C=O) groups is 1. The number of hydrogen-bond donors (Lipinski definition) is 2. The summed E-state index contributed by atoms with van der Waals surface area (Å²) in [5.41, 5.74) is 0.0512. The van der Waals surface area contributed by atoms with Crippen molar-refractivity contribution in [2.24, 2.45) is 4.99 Å². The van der Waals surface area contributed by atoms with Gasteiger partial charge < -0.3 is 24.1 Å². The summed E-state index contributed by atoms with van der Waals surface area (Å²) in [7, 11) is 4.12. The Morgan fingerprint density at radius 1 is 1.30 bits per heavy atom. The first kappa shape index (κ1) is 36.3. The zero-order valence-corrected chi connectivity index (χ0v) is 29.1. The highest BCUT2D eigenvalue weighted by atomic mass is 33.1. The predicted octanol–water partition coefficient (Wildman–Crippen LogP) is 4.83. The number of aromatic amines is 1. The molecule has 2 N–H and O–H groups in total. The summed E-state index contributed by atoms with van der Waals surface area (Å²) in [5, 5.41) is 1.91. The fourth-order valence-electron chi connectivity index (χ4n) is 3.78. The van der Waals surface area contributed by atoms with E-state index in [1.807, 2.05) is 5.32 Å². The molecule has 1 saturated heterocycles. The van der Waals surface area contributed by atoms with Gasteiger partial charge in [0.25, 0.3) is 5.56 Å². The van der Waals surface area contributed by atoms with Gasteiger partial charge in [0.15, 0.2) is 19.5 Å². The van der Waals surface area contributed by atoms with Crippen LogP contribution in [0.3, 0.4) is 0 Å². The Kier molecular flexibility index (Phi) is 11.7. The van der Waals surface area contributed by atoms with Crippen LogP contribution in [0.1, 0.15) is 47.3 Å². The molecule has 3 heterocycles. The minimum Gasteiger partial charge on any atom is -0.414 e. The highest BCUT2D eigenvalue weighted by molar-refractivity contribution is 8.77. The maximum Gasteiger partial charge on any atom is 0.471 e. The zero-order valence-electron chi connectivity index (χ0n) is 26.4. The quantitative estimate of drug-likeness (QED) is 0.0756. The summed E-state index contributed by atoms with van der Waals surface area (Å²) in [5.74, 6) is -1.62. The van der Waals surface area contributed by atoms with Crippen LogP contribution in [0.25, 0.3) is 11.2 Å². The number of nitrogens with zero attached hydrogens (tertiary/aromatic N) is 5. The Morgan fingerprint density at radius 2 is 1.98 bits per heavy atom. The molecule has 44 heavy (non-hydrogen) atoms. The van der Waals surface area contributed by atoms with Crippen LogP contribution in [0, 0.1) is 0 Å². The molecule has 1 amide bonds. The minimum atomic E-state index is -4.93. The molecular formula is C26H42F3N7O5S2Si. The van der Waals surface area contributed by atoms with Crippen LogP contribution < -0.4 is 10.9 Å². The zero-order chi connectivity index (χ0) is 33.1. The molecule has 0 saturated carbocycles. The maximum absolute atomic E-state index is 12.7. The van der Waals surface area contributed by atoms with Crippen LogP contribution in [0.5, 0.6) is 0 Å². The number of amides is 1. The molecule has 0 radical (unpaired) electrons. The molecule has 1 fully saturated rings. The van der Waals surface area contributed by atoms with E-state index in [1.54, 1.807) is 37.4 Å². The van der Waals surface area contributed by atoms with Crippen molar-refractivity contribution in [2.75, 3.05) is 33.2 Å². The number of H-pyrrole nitrogens is 1. The van der Waals surface area contributed by atoms with E-state index in [1.165, 1.54) is 34.3 Å². The highest BCUT2D eigenvalue weighted by Gasteiger charge is 2.43. The summed E-state index contributed by atoms with van der Waals surface area (Å²) in [6.45, 7) is 14.3. The highest BCUT2D eigenvalue weighted by Crippen LogP contribution is 2.40. The molecule has 12 nitrogen and oxygen atoms in total. The van der Waals surface area contributed by atoms with Gasteiger partial charge in [-0.1, -0.05) is 42.4 Å². The van der Waals surface area contributed by atoms with Crippen LogP contribution in [0.4, 0.5) is 19.1 Å². The van der Waals surface area contributed by atoms with Crippen molar-refractivity contribution in [1.82, 2.24) is 29.7 Å². The first-order valence-corrected chi connectivity index (χ1v) is 19.2. The number of ether oxygens (including phenoxy) is 2. The molecule has 248 valence electrons. The van der Waals surface area contributed by atoms with Gasteiger partial charge in [-0.2, -0.15) is 18.2 Å². The van der Waals surface area contributed by atoms with E-state index in [2.05, 4.69) is 53.8 Å². The summed E-state index contributed by atoms with van der Waals surface area (Å²) >= 11 is 0. The number of aliphatic imine (C=N–C) groups is 1. The van der Waals surface area contributed by atoms with Crippen molar-refractivity contribution in [1.29, 1.82) is 0 Å². The van der Waals surface area contributed by atoms with Gasteiger partial charge >= 0.3 is 12.1 Å². The lowest BCUT2D eigenvalue weighted by Crippen LogP contribution is -2.44. The van der Waals surface area contributed by atoms with Crippen LogP contribution in [-0.4, -0.2) is 101 Å². The topological polar surface area (TPSA) is 136 Å². The van der Waals surface area contributed by atoms with Gasteiger partial charge in [-0.3, -0.25) is 19.1 Å². The summed E-state index contributed by atoms with van der Waals surface area (Å²) in [6, 6.07) is 0. The molecule has 3 atom stereocenters. The van der Waals surface area contributed by atoms with E-state index in [-0.39, 0.29) is 29.0 Å². The molecule has 0 bridgehead atoms. The van der Waals surface area contributed by atoms with Gasteiger partial charge in [0.1, 0.15) is 18.3 Å². The van der Waals surface area contributed by atoms with Crippen LogP contribution in [-0.2, 0) is 18.7 Å². The van der Waals surface area contributed by atoms with Crippen molar-refractivity contribution in [3.63, 3.8) is 0 Å². The van der Waals surface area contributed by atoms with E-state index in [0.717, 1.165) is 0 Å². The first-order valence-electron chi connectivity index (χ1n) is 13.9. The lowest BCUT2D eigenvalue weighted by atomic mass is 10.2. The molecule has 1 aliphatic rings. The second-order valence-electron chi connectivity index (χ2n) is 12.8. The number of nitrogens with one attached hydrogen (secondary N) is 2. The molecule has 0 aromatic carbocycles. The van der Waals surface area contributed by atoms with E-state index in [4.69, 9.17) is 13.9 Å². The van der Waals surface area contributed by atoms with Gasteiger partial charge in [-0.05, 0) is 32.0 Å². The van der Waals surface area contributed by atoms with Crippen molar-refractivity contribution in [3.8, 4) is 0 Å². The normalized spacial score (nSPS) is 20.1. The molecule has 2 aromatic heterocycles. The Bertz CT molecular complexity index is 1380. The number of halogens is 3. The molecule has 0 aliphatic carbocycles. The van der Waals surface area contributed by atoms with Crippen molar-refractivity contribution in [3.05, 3.63) is 16.7 Å². The van der Waals surface area contributed by atoms with Crippen LogP contribution >= 0.6 is 21.6 Å². The minimum absolute atomic E-state index is 0.0179. The van der Waals surface area contributed by atoms with Crippen molar-refractivity contribution < 1.29 is 31.9 Å². The molecule has 1 aliphatic heterocycles. The summed E-state index contributed by atoms with van der Waals surface area (Å²) < 4.78 is 57.8. The second kappa shape index (κ2) is 14.1. The van der Waals surface area contributed by atoms with E-state index >= 15 is 0 Å². The lowest BCUT2D eigenvalue weighted by Gasteiger charge is -2.37. The predicted molar refractivity (Wildman–Crippen MR) is 170 cm³/mol. The number of imidazole rings is 1. The Labute approximate surface area is 263 Å². The molecule has 2 aromatic rings. The average molecular weight is 682 g/mol. The third kappa shape index (κ3) is 9.69. The molecule has 0 unspecified atom stereocenters. The van der Waals surface area contributed by atoms with Gasteiger partial charge in [-0.15, -0.1) is 0 Å². The molecule has 3 rings (SSSR count). The Balaban J connectivity index is 1.74. The van der Waals surface area contributed by atoms with Crippen LogP contribution in [0.15, 0.2) is 16.1 Å². The maximum atomic E-state index is 12.7. The number of aromatic nitrogens is 4. The number of hydrogen-bond acceptors (Lipinski definition) is 10. The standard InChI is InChI=1S/C26H42F3N7O5S2Si/c1-24(2,3)44(8,9)40-11-17-16(39-15-42-43-25(4,5)12-30-22(38)26(27,28)29)10-18(41-17)36-14-31-19-20(36)33-23(34-21(19)37)32-13-35(6)7/h13-14,16-18H,10-12,15H2,1-9H3,(H,30,38)(H,33,34,37)/b32-13-/t16-,17-,18-/m1/s1. The van der Waals surface area contributed by atoms with E-state index < -0.39 is 49.1 Å². The number of rotatable bonds is 13. The number of fused-ring (bicyclic) bond motifs is 1. The summed E-state index contributed by atoms with van der Waals surface area (Å²) in [4.78, 5) is 41.2. The van der Waals surface area contributed by atoms with Gasteiger partial charge in [0.2, 0.25) is 5.95 Å². The second-order valence-corrected chi connectivity index (χ2v) is 20.6. The third-order valence-corrected chi connectivity index (χ3v) is 14.7. The molecule has 18 heteroatoms. The molecule has 0 spiro atoms. The van der Waals surface area contributed by atoms with Gasteiger partial charge in [-0.25, -0.2) is 9.98 Å². The first-order chi connectivity index (χ1) is 20.2. The fraction of sp³-hybridized carbons (Fsp3) is 0.731. The van der Waals surface area contributed by atoms with E-state index in [9.17, 15) is 22.8 Å². The fourth-order valence-corrected chi connectivity index (χ4v) is 6.97. The van der Waals surface area contributed by atoms with Gasteiger partial charge in [0.05, 0.1) is 25.4 Å². The van der Waals surface area contributed by atoms with Gasteiger partial charge in [0, 0.05) is 31.8 Å². The Morgan fingerprint density at radius 3 is 2.59 bits per heavy atom. The third-order valence-electron chi connectivity index (χ3n) is 7.28. The lowest BCUT2D eigenvalue weighted by molar-refractivity contribution is -0.173. The average Bonchev–Trinajstić information content (AvgIpc) is 3.50. The Hall–Kier alpha value is -2.12.